The largest absolute Gasteiger partial charge is 0.433 e. The number of alkyl halides is 3. The van der Waals surface area contributed by atoms with E-state index in [0.717, 1.165) is 44.0 Å². The predicted octanol–water partition coefficient (Wildman–Crippen LogP) is 6.64. The number of nitrogens with zero attached hydrogens (tertiary/aromatic N) is 1. The Morgan fingerprint density at radius 2 is 1.81 bits per heavy atom. The Bertz CT molecular complexity index is 899. The fourth-order valence-corrected chi connectivity index (χ4v) is 5.04. The zero-order chi connectivity index (χ0) is 23.7. The Balaban J connectivity index is 1.82. The van der Waals surface area contributed by atoms with E-state index in [9.17, 15) is 22.7 Å². The van der Waals surface area contributed by atoms with Crippen molar-refractivity contribution in [1.29, 1.82) is 0 Å². The van der Waals surface area contributed by atoms with Gasteiger partial charge in [0.25, 0.3) is 0 Å². The highest BCUT2D eigenvalue weighted by atomic mass is 35.5. The van der Waals surface area contributed by atoms with Crippen LogP contribution in [-0.2, 0) is 6.18 Å². The fraction of sp³-hybridized carbons (Fsp3) is 0.591. The molecule has 10 heteroatoms. The fourth-order valence-electron chi connectivity index (χ4n) is 4.32. The lowest BCUT2D eigenvalue weighted by atomic mass is 9.75. The summed E-state index contributed by atoms with van der Waals surface area (Å²) in [6.07, 6.45) is -0.960. The van der Waals surface area contributed by atoms with Crippen molar-refractivity contribution in [2.75, 3.05) is 6.54 Å². The van der Waals surface area contributed by atoms with E-state index in [-0.39, 0.29) is 45.6 Å². The second-order valence-electron chi connectivity index (χ2n) is 9.28. The first-order valence-corrected chi connectivity index (χ1v) is 11.3. The second-order valence-corrected chi connectivity index (χ2v) is 10.1. The number of aromatic amines is 1. The van der Waals surface area contributed by atoms with E-state index < -0.39 is 29.7 Å². The van der Waals surface area contributed by atoms with Gasteiger partial charge in [-0.1, -0.05) is 37.0 Å². The Morgan fingerprint density at radius 1 is 1.22 bits per heavy atom. The third kappa shape index (κ3) is 6.16. The summed E-state index contributed by atoms with van der Waals surface area (Å²) < 4.78 is 54.1. The lowest BCUT2D eigenvalue weighted by molar-refractivity contribution is -0.142. The normalized spacial score (nSPS) is 19.2. The van der Waals surface area contributed by atoms with E-state index in [1.54, 1.807) is 0 Å². The lowest BCUT2D eigenvalue weighted by Crippen LogP contribution is -2.38. The molecule has 1 aromatic heterocycles. The highest BCUT2D eigenvalue weighted by molar-refractivity contribution is 6.36. The summed E-state index contributed by atoms with van der Waals surface area (Å²) in [5.74, 6) is -1.39. The molecule has 1 aliphatic carbocycles. The zero-order valence-corrected chi connectivity index (χ0v) is 19.4. The summed E-state index contributed by atoms with van der Waals surface area (Å²) in [7, 11) is 0. The standard InChI is InChI=1S/C22H27Cl2F4N3O/c1-21(2)5-3-14(4-6-21)29-10-12(15-11-30-31-20(15)22(26,27)28)7-18(32)19-16(23)8-13(25)9-17(19)24/h8-9,11-12,14,18,29,32H,3-7,10H2,1-2H3,(H,30,31)/t12?,18-/m0/s1. The van der Waals surface area contributed by atoms with Crippen LogP contribution in [0.1, 0.15) is 74.8 Å². The molecule has 178 valence electrons. The van der Waals surface area contributed by atoms with Crippen molar-refractivity contribution in [2.45, 2.75) is 70.2 Å². The summed E-state index contributed by atoms with van der Waals surface area (Å²) in [4.78, 5) is 0. The van der Waals surface area contributed by atoms with Crippen molar-refractivity contribution in [3.63, 3.8) is 0 Å². The van der Waals surface area contributed by atoms with Crippen LogP contribution < -0.4 is 5.32 Å². The minimum Gasteiger partial charge on any atom is -0.388 e. The van der Waals surface area contributed by atoms with Gasteiger partial charge in [0, 0.05) is 29.6 Å². The Kier molecular flexibility index (Phi) is 7.80. The average molecular weight is 496 g/mol. The summed E-state index contributed by atoms with van der Waals surface area (Å²) in [5, 5.41) is 19.7. The minimum atomic E-state index is -4.62. The third-order valence-electron chi connectivity index (χ3n) is 6.27. The molecular weight excluding hydrogens is 469 g/mol. The van der Waals surface area contributed by atoms with Crippen LogP contribution in [0.2, 0.25) is 10.0 Å². The molecule has 0 bridgehead atoms. The molecular formula is C22H27Cl2F4N3O. The maximum absolute atomic E-state index is 13.5. The Labute approximate surface area is 194 Å². The molecule has 1 heterocycles. The number of halogens is 6. The molecule has 0 amide bonds. The highest BCUT2D eigenvalue weighted by Crippen LogP contribution is 2.40. The van der Waals surface area contributed by atoms with Gasteiger partial charge >= 0.3 is 6.18 Å². The van der Waals surface area contributed by atoms with Gasteiger partial charge in [0.15, 0.2) is 0 Å². The molecule has 1 fully saturated rings. The van der Waals surface area contributed by atoms with Crippen LogP contribution in [0.15, 0.2) is 18.3 Å². The van der Waals surface area contributed by atoms with Gasteiger partial charge < -0.3 is 10.4 Å². The maximum Gasteiger partial charge on any atom is 0.433 e. The number of nitrogens with one attached hydrogen (secondary N) is 2. The number of aliphatic hydroxyl groups is 1. The molecule has 1 unspecified atom stereocenters. The molecule has 1 aromatic carbocycles. The Morgan fingerprint density at radius 3 is 2.38 bits per heavy atom. The molecule has 4 nitrogen and oxygen atoms in total. The lowest BCUT2D eigenvalue weighted by Gasteiger charge is -2.35. The average Bonchev–Trinajstić information content (AvgIpc) is 3.15. The van der Waals surface area contributed by atoms with Crippen LogP contribution in [0, 0.1) is 11.2 Å². The van der Waals surface area contributed by atoms with Crippen LogP contribution >= 0.6 is 23.2 Å². The van der Waals surface area contributed by atoms with Crippen molar-refractivity contribution in [1.82, 2.24) is 15.5 Å². The van der Waals surface area contributed by atoms with Crippen molar-refractivity contribution >= 4 is 23.2 Å². The predicted molar refractivity (Wildman–Crippen MR) is 116 cm³/mol. The molecule has 1 saturated carbocycles. The van der Waals surface area contributed by atoms with E-state index in [2.05, 4.69) is 24.3 Å². The number of aliphatic hydroxyl groups excluding tert-OH is 1. The first kappa shape index (κ1) is 25.3. The SMILES string of the molecule is CC1(C)CCC(NCC(C[C@H](O)c2c(Cl)cc(F)cc2Cl)c2cn[nH]c2C(F)(F)F)CC1. The number of hydrogen-bond acceptors (Lipinski definition) is 3. The van der Waals surface area contributed by atoms with Gasteiger partial charge in [-0.15, -0.1) is 0 Å². The van der Waals surface area contributed by atoms with Gasteiger partial charge in [0.1, 0.15) is 11.5 Å². The first-order chi connectivity index (χ1) is 14.9. The minimum absolute atomic E-state index is 0.0467. The van der Waals surface area contributed by atoms with Crippen LogP contribution in [0.3, 0.4) is 0 Å². The molecule has 3 N–H and O–H groups in total. The molecule has 0 aliphatic heterocycles. The molecule has 32 heavy (non-hydrogen) atoms. The monoisotopic (exact) mass is 495 g/mol. The van der Waals surface area contributed by atoms with Crippen LogP contribution in [-0.4, -0.2) is 27.9 Å². The van der Waals surface area contributed by atoms with Crippen molar-refractivity contribution in [3.8, 4) is 0 Å². The third-order valence-corrected chi connectivity index (χ3v) is 6.89. The highest BCUT2D eigenvalue weighted by Gasteiger charge is 2.38. The summed E-state index contributed by atoms with van der Waals surface area (Å²) >= 11 is 12.1. The number of hydrogen-bond donors (Lipinski definition) is 3. The number of benzene rings is 1. The molecule has 0 saturated heterocycles. The molecule has 3 rings (SSSR count). The van der Waals surface area contributed by atoms with Gasteiger partial charge in [-0.05, 0) is 49.7 Å². The number of rotatable bonds is 7. The van der Waals surface area contributed by atoms with Crippen LogP contribution in [0.5, 0.6) is 0 Å². The molecule has 2 atom stereocenters. The smallest absolute Gasteiger partial charge is 0.388 e. The van der Waals surface area contributed by atoms with E-state index >= 15 is 0 Å². The van der Waals surface area contributed by atoms with Gasteiger partial charge in [-0.3, -0.25) is 5.10 Å². The molecule has 1 aliphatic rings. The molecule has 0 spiro atoms. The second kappa shape index (κ2) is 9.87. The van der Waals surface area contributed by atoms with Gasteiger partial charge in [-0.25, -0.2) is 4.39 Å². The van der Waals surface area contributed by atoms with Crippen LogP contribution in [0.25, 0.3) is 0 Å². The van der Waals surface area contributed by atoms with Gasteiger partial charge in [0.2, 0.25) is 0 Å². The van der Waals surface area contributed by atoms with E-state index in [1.165, 1.54) is 0 Å². The quantitative estimate of drug-likeness (QED) is 0.377. The Hall–Kier alpha value is -1.35. The summed E-state index contributed by atoms with van der Waals surface area (Å²) in [5.41, 5.74) is -0.638. The van der Waals surface area contributed by atoms with E-state index in [4.69, 9.17) is 23.2 Å². The number of aromatic nitrogens is 2. The van der Waals surface area contributed by atoms with Crippen molar-refractivity contribution in [3.05, 3.63) is 51.0 Å². The van der Waals surface area contributed by atoms with Gasteiger partial charge in [-0.2, -0.15) is 18.3 Å². The number of H-pyrrole nitrogens is 1. The first-order valence-electron chi connectivity index (χ1n) is 10.5. The molecule has 2 aromatic rings. The van der Waals surface area contributed by atoms with E-state index in [0.29, 0.717) is 0 Å². The van der Waals surface area contributed by atoms with Crippen molar-refractivity contribution < 1.29 is 22.7 Å². The van der Waals surface area contributed by atoms with E-state index in [1.807, 2.05) is 5.10 Å². The summed E-state index contributed by atoms with van der Waals surface area (Å²) in [6, 6.07) is 2.21. The summed E-state index contributed by atoms with van der Waals surface area (Å²) in [6.45, 7) is 4.63. The topological polar surface area (TPSA) is 60.9 Å². The zero-order valence-electron chi connectivity index (χ0n) is 17.9. The van der Waals surface area contributed by atoms with Crippen molar-refractivity contribution in [2.24, 2.45) is 5.41 Å². The van der Waals surface area contributed by atoms with Crippen LogP contribution in [0.4, 0.5) is 17.6 Å². The van der Waals surface area contributed by atoms with Gasteiger partial charge in [0.05, 0.1) is 22.3 Å². The molecule has 0 radical (unpaired) electrons. The maximum atomic E-state index is 13.5.